The molecule has 150 valence electrons. The molecule has 7 nitrogen and oxygen atoms in total. The van der Waals surface area contributed by atoms with Crippen LogP contribution in [-0.4, -0.2) is 58.0 Å². The van der Waals surface area contributed by atoms with E-state index in [1.54, 1.807) is 46.3 Å². The third-order valence-electron chi connectivity index (χ3n) is 5.28. The molecule has 3 aromatic rings. The van der Waals surface area contributed by atoms with E-state index in [9.17, 15) is 9.59 Å². The van der Waals surface area contributed by atoms with E-state index in [2.05, 4.69) is 10.2 Å². The van der Waals surface area contributed by atoms with Crippen molar-refractivity contribution in [3.8, 4) is 0 Å². The van der Waals surface area contributed by atoms with Crippen LogP contribution in [-0.2, 0) is 4.79 Å². The van der Waals surface area contributed by atoms with E-state index < -0.39 is 6.04 Å². The Morgan fingerprint density at radius 2 is 1.76 bits per heavy atom. The second-order valence-electron chi connectivity index (χ2n) is 7.17. The summed E-state index contributed by atoms with van der Waals surface area (Å²) in [5.41, 5.74) is 8.42. The molecular formula is C21H22ClN5O2. The van der Waals surface area contributed by atoms with Gasteiger partial charge in [-0.25, -0.2) is 0 Å². The van der Waals surface area contributed by atoms with Crippen molar-refractivity contribution in [1.82, 2.24) is 20.0 Å². The number of nitrogens with zero attached hydrogens (tertiary/aromatic N) is 3. The lowest BCUT2D eigenvalue weighted by Crippen LogP contribution is -2.41. The molecule has 2 heterocycles. The Morgan fingerprint density at radius 3 is 2.55 bits per heavy atom. The molecule has 1 aliphatic heterocycles. The number of fused-ring (bicyclic) bond motifs is 1. The molecule has 0 radical (unpaired) electrons. The van der Waals surface area contributed by atoms with E-state index in [4.69, 9.17) is 17.3 Å². The first-order valence-corrected chi connectivity index (χ1v) is 9.93. The van der Waals surface area contributed by atoms with Crippen molar-refractivity contribution in [2.24, 2.45) is 5.73 Å². The average molecular weight is 412 g/mol. The molecule has 1 aromatic heterocycles. The average Bonchev–Trinajstić information content (AvgIpc) is 3.07. The van der Waals surface area contributed by atoms with Crippen molar-refractivity contribution in [3.63, 3.8) is 0 Å². The summed E-state index contributed by atoms with van der Waals surface area (Å²) in [7, 11) is 0. The maximum Gasteiger partial charge on any atom is 0.253 e. The summed E-state index contributed by atoms with van der Waals surface area (Å²) in [5.74, 6) is -0.175. The van der Waals surface area contributed by atoms with E-state index in [0.29, 0.717) is 43.2 Å². The molecule has 8 heteroatoms. The summed E-state index contributed by atoms with van der Waals surface area (Å²) in [6.07, 6.45) is 2.41. The van der Waals surface area contributed by atoms with Crippen LogP contribution in [0.5, 0.6) is 0 Å². The Bertz CT molecular complexity index is 1030. The minimum absolute atomic E-state index is 0.0376. The van der Waals surface area contributed by atoms with Gasteiger partial charge in [0.2, 0.25) is 5.91 Å². The van der Waals surface area contributed by atoms with Crippen LogP contribution in [0.25, 0.3) is 10.9 Å². The molecule has 29 heavy (non-hydrogen) atoms. The Kier molecular flexibility index (Phi) is 5.51. The number of carbonyl (C=O) groups is 2. The predicted octanol–water partition coefficient (Wildman–Crippen LogP) is 2.59. The van der Waals surface area contributed by atoms with Crippen LogP contribution in [0.15, 0.2) is 48.7 Å². The maximum atomic E-state index is 12.9. The summed E-state index contributed by atoms with van der Waals surface area (Å²) >= 11 is 5.91. The highest BCUT2D eigenvalue weighted by Crippen LogP contribution is 2.19. The molecule has 1 unspecified atom stereocenters. The van der Waals surface area contributed by atoms with Crippen molar-refractivity contribution in [2.75, 3.05) is 26.2 Å². The topological polar surface area (TPSA) is 95.3 Å². The zero-order valence-corrected chi connectivity index (χ0v) is 16.6. The number of hydrogen-bond donors (Lipinski definition) is 2. The normalized spacial score (nSPS) is 15.9. The Balaban J connectivity index is 1.42. The van der Waals surface area contributed by atoms with E-state index in [0.717, 1.165) is 16.5 Å². The summed E-state index contributed by atoms with van der Waals surface area (Å²) in [6.45, 7) is 2.11. The van der Waals surface area contributed by atoms with E-state index in [-0.39, 0.29) is 11.8 Å². The quantitative estimate of drug-likeness (QED) is 0.692. The van der Waals surface area contributed by atoms with Crippen LogP contribution in [0.2, 0.25) is 5.02 Å². The van der Waals surface area contributed by atoms with Gasteiger partial charge in [-0.2, -0.15) is 5.10 Å². The first-order valence-electron chi connectivity index (χ1n) is 9.55. The van der Waals surface area contributed by atoms with Crippen LogP contribution in [0.1, 0.15) is 28.4 Å². The smallest absolute Gasteiger partial charge is 0.253 e. The van der Waals surface area contributed by atoms with Gasteiger partial charge >= 0.3 is 0 Å². The first-order chi connectivity index (χ1) is 14.0. The van der Waals surface area contributed by atoms with Crippen LogP contribution in [0.3, 0.4) is 0 Å². The molecule has 0 aliphatic carbocycles. The second-order valence-corrected chi connectivity index (χ2v) is 7.61. The van der Waals surface area contributed by atoms with E-state index >= 15 is 0 Å². The van der Waals surface area contributed by atoms with Gasteiger partial charge in [-0.15, -0.1) is 0 Å². The highest BCUT2D eigenvalue weighted by Gasteiger charge is 2.26. The lowest BCUT2D eigenvalue weighted by molar-refractivity contribution is -0.132. The largest absolute Gasteiger partial charge is 0.339 e. The number of carbonyl (C=O) groups excluding carboxylic acids is 2. The standard InChI is InChI=1S/C21H22ClN5O2/c22-17-5-2-14(3-6-17)19(23)21(29)27-9-1-8-26(10-11-27)20(28)15-4-7-18-16(12-15)13-24-25-18/h2-7,12-13,19H,1,8-11,23H2,(H,24,25). The monoisotopic (exact) mass is 411 g/mol. The van der Waals surface area contributed by atoms with E-state index in [1.807, 2.05) is 12.1 Å². The second kappa shape index (κ2) is 8.23. The Labute approximate surface area is 173 Å². The number of rotatable bonds is 3. The van der Waals surface area contributed by atoms with Crippen LogP contribution in [0.4, 0.5) is 0 Å². The van der Waals surface area contributed by atoms with Crippen molar-refractivity contribution in [1.29, 1.82) is 0 Å². The van der Waals surface area contributed by atoms with Crippen molar-refractivity contribution in [3.05, 3.63) is 64.8 Å². The molecule has 2 amide bonds. The number of benzene rings is 2. The van der Waals surface area contributed by atoms with Gasteiger partial charge in [0.05, 0.1) is 11.7 Å². The van der Waals surface area contributed by atoms with Crippen molar-refractivity contribution >= 4 is 34.3 Å². The summed E-state index contributed by atoms with van der Waals surface area (Å²) in [4.78, 5) is 29.3. The zero-order chi connectivity index (χ0) is 20.4. The number of nitrogens with one attached hydrogen (secondary N) is 1. The van der Waals surface area contributed by atoms with Gasteiger partial charge in [0.25, 0.3) is 5.91 Å². The molecule has 0 saturated carbocycles. The van der Waals surface area contributed by atoms with Crippen LogP contribution >= 0.6 is 11.6 Å². The van der Waals surface area contributed by atoms with Gasteiger partial charge in [-0.05, 0) is 42.3 Å². The lowest BCUT2D eigenvalue weighted by Gasteiger charge is -2.25. The molecule has 2 aromatic carbocycles. The fraction of sp³-hybridized carbons (Fsp3) is 0.286. The van der Waals surface area contributed by atoms with Crippen LogP contribution < -0.4 is 5.73 Å². The number of H-pyrrole nitrogens is 1. The Morgan fingerprint density at radius 1 is 1.03 bits per heavy atom. The summed E-state index contributed by atoms with van der Waals surface area (Å²) in [5, 5.41) is 8.38. The minimum atomic E-state index is -0.738. The molecule has 1 aliphatic rings. The fourth-order valence-electron chi connectivity index (χ4n) is 3.61. The van der Waals surface area contributed by atoms with Gasteiger partial charge in [-0.1, -0.05) is 23.7 Å². The van der Waals surface area contributed by atoms with E-state index in [1.165, 1.54) is 0 Å². The number of aromatic nitrogens is 2. The zero-order valence-electron chi connectivity index (χ0n) is 15.8. The van der Waals surface area contributed by atoms with Crippen LogP contribution in [0, 0.1) is 0 Å². The number of amides is 2. The molecule has 1 fully saturated rings. The molecule has 4 rings (SSSR count). The van der Waals surface area contributed by atoms with Gasteiger partial charge in [0.15, 0.2) is 0 Å². The lowest BCUT2D eigenvalue weighted by atomic mass is 10.1. The number of aromatic amines is 1. The van der Waals surface area contributed by atoms with Crippen molar-refractivity contribution < 1.29 is 9.59 Å². The highest BCUT2D eigenvalue weighted by molar-refractivity contribution is 6.30. The molecule has 1 saturated heterocycles. The van der Waals surface area contributed by atoms with Gasteiger partial charge in [0.1, 0.15) is 6.04 Å². The number of hydrogen-bond acceptors (Lipinski definition) is 4. The summed E-state index contributed by atoms with van der Waals surface area (Å²) in [6, 6.07) is 11.7. The molecule has 0 bridgehead atoms. The molecular weight excluding hydrogens is 390 g/mol. The molecule has 3 N–H and O–H groups in total. The minimum Gasteiger partial charge on any atom is -0.339 e. The summed E-state index contributed by atoms with van der Waals surface area (Å²) < 4.78 is 0. The van der Waals surface area contributed by atoms with Gasteiger partial charge in [-0.3, -0.25) is 14.7 Å². The highest BCUT2D eigenvalue weighted by atomic mass is 35.5. The number of nitrogens with two attached hydrogens (primary N) is 1. The number of halogens is 1. The van der Waals surface area contributed by atoms with Crippen molar-refractivity contribution in [2.45, 2.75) is 12.5 Å². The third-order valence-corrected chi connectivity index (χ3v) is 5.53. The maximum absolute atomic E-state index is 12.9. The Hall–Kier alpha value is -2.90. The third kappa shape index (κ3) is 4.11. The molecule has 1 atom stereocenters. The SMILES string of the molecule is NC(C(=O)N1CCCN(C(=O)c2ccc3[nH]ncc3c2)CC1)c1ccc(Cl)cc1. The van der Waals surface area contributed by atoms with Gasteiger partial charge in [0, 0.05) is 42.2 Å². The van der Waals surface area contributed by atoms with Gasteiger partial charge < -0.3 is 15.5 Å². The fourth-order valence-corrected chi connectivity index (χ4v) is 3.73. The predicted molar refractivity (Wildman–Crippen MR) is 112 cm³/mol. The first kappa shape index (κ1) is 19.4. The molecule has 0 spiro atoms.